The summed E-state index contributed by atoms with van der Waals surface area (Å²) in [5, 5.41) is 0. The highest BCUT2D eigenvalue weighted by Crippen LogP contribution is 2.24. The van der Waals surface area contributed by atoms with Gasteiger partial charge in [0.25, 0.3) is 0 Å². The van der Waals surface area contributed by atoms with Crippen LogP contribution in [-0.2, 0) is 4.79 Å². The van der Waals surface area contributed by atoms with Crippen molar-refractivity contribution >= 4 is 24.3 Å². The van der Waals surface area contributed by atoms with Crippen LogP contribution in [0.25, 0.3) is 5.57 Å². The maximum absolute atomic E-state index is 10.8. The minimum atomic E-state index is 0.676. The normalized spacial score (nSPS) is 11.1. The van der Waals surface area contributed by atoms with E-state index in [2.05, 4.69) is 11.7 Å². The van der Waals surface area contributed by atoms with Gasteiger partial charge in [0.05, 0.1) is 5.69 Å². The summed E-state index contributed by atoms with van der Waals surface area (Å²) in [6, 6.07) is 7.48. The Bertz CT molecular complexity index is 366. The first-order valence-electron chi connectivity index (χ1n) is 4.55. The van der Waals surface area contributed by atoms with Crippen molar-refractivity contribution in [2.24, 2.45) is 4.99 Å². The van der Waals surface area contributed by atoms with Crippen LogP contribution in [0.3, 0.4) is 0 Å². The molecule has 14 heavy (non-hydrogen) atoms. The first-order valence-corrected chi connectivity index (χ1v) is 4.55. The molecule has 0 saturated carbocycles. The summed E-state index contributed by atoms with van der Waals surface area (Å²) in [6.07, 6.45) is 3.57. The fourth-order valence-corrected chi connectivity index (χ4v) is 1.30. The van der Waals surface area contributed by atoms with Crippen molar-refractivity contribution in [2.75, 3.05) is 0 Å². The smallest absolute Gasteiger partial charge is 0.150 e. The third kappa shape index (κ3) is 2.16. The number of allylic oxidation sites excluding steroid dienone is 2. The number of benzene rings is 1. The molecule has 0 spiro atoms. The molecule has 0 aliphatic rings. The van der Waals surface area contributed by atoms with Gasteiger partial charge in [-0.1, -0.05) is 31.2 Å². The van der Waals surface area contributed by atoms with Gasteiger partial charge in [0.1, 0.15) is 6.29 Å². The van der Waals surface area contributed by atoms with Crippen molar-refractivity contribution in [2.45, 2.75) is 13.3 Å². The van der Waals surface area contributed by atoms with Crippen molar-refractivity contribution in [1.29, 1.82) is 0 Å². The predicted octanol–water partition coefficient (Wildman–Crippen LogP) is 3.01. The van der Waals surface area contributed by atoms with E-state index in [9.17, 15) is 4.79 Å². The molecule has 1 aromatic rings. The Kier molecular flexibility index (Phi) is 3.80. The zero-order valence-corrected chi connectivity index (χ0v) is 8.23. The van der Waals surface area contributed by atoms with Crippen LogP contribution in [-0.4, -0.2) is 13.0 Å². The molecule has 2 nitrogen and oxygen atoms in total. The summed E-state index contributed by atoms with van der Waals surface area (Å²) in [4.78, 5) is 14.7. The van der Waals surface area contributed by atoms with Crippen LogP contribution in [0.2, 0.25) is 0 Å². The predicted molar refractivity (Wildman–Crippen MR) is 60.0 cm³/mol. The highest BCUT2D eigenvalue weighted by atomic mass is 16.1. The number of hydrogen-bond donors (Lipinski definition) is 0. The van der Waals surface area contributed by atoms with Crippen molar-refractivity contribution in [3.8, 4) is 0 Å². The van der Waals surface area contributed by atoms with Gasteiger partial charge in [-0.3, -0.25) is 9.79 Å². The van der Waals surface area contributed by atoms with Gasteiger partial charge in [-0.15, -0.1) is 0 Å². The summed E-state index contributed by atoms with van der Waals surface area (Å²) in [7, 11) is 0. The van der Waals surface area contributed by atoms with Crippen LogP contribution in [0.1, 0.15) is 18.9 Å². The Hall–Kier alpha value is -1.70. The van der Waals surface area contributed by atoms with E-state index >= 15 is 0 Å². The van der Waals surface area contributed by atoms with Gasteiger partial charge in [-0.25, -0.2) is 0 Å². The van der Waals surface area contributed by atoms with E-state index in [-0.39, 0.29) is 0 Å². The standard InChI is InChI=1S/C12H13NO/c1-3-6-10(9-14)11-7-4-5-8-12(11)13-2/h4-9H,2-3H2,1H3/b10-6-. The maximum atomic E-state index is 10.8. The highest BCUT2D eigenvalue weighted by molar-refractivity contribution is 6.08. The fraction of sp³-hybridized carbons (Fsp3) is 0.167. The van der Waals surface area contributed by atoms with Crippen LogP contribution < -0.4 is 0 Å². The number of nitrogens with zero attached hydrogens (tertiary/aromatic N) is 1. The molecular weight excluding hydrogens is 174 g/mol. The largest absolute Gasteiger partial charge is 0.298 e. The van der Waals surface area contributed by atoms with E-state index < -0.39 is 0 Å². The van der Waals surface area contributed by atoms with E-state index in [1.54, 1.807) is 0 Å². The van der Waals surface area contributed by atoms with Gasteiger partial charge in [-0.05, 0) is 19.2 Å². The van der Waals surface area contributed by atoms with Crippen LogP contribution in [0.4, 0.5) is 5.69 Å². The van der Waals surface area contributed by atoms with Gasteiger partial charge in [0, 0.05) is 11.1 Å². The molecule has 72 valence electrons. The number of rotatable bonds is 4. The minimum Gasteiger partial charge on any atom is -0.298 e. The summed E-state index contributed by atoms with van der Waals surface area (Å²) >= 11 is 0. The molecule has 0 aliphatic carbocycles. The van der Waals surface area contributed by atoms with Crippen LogP contribution in [0, 0.1) is 0 Å². The zero-order valence-electron chi connectivity index (χ0n) is 8.23. The van der Waals surface area contributed by atoms with Crippen LogP contribution >= 0.6 is 0 Å². The summed E-state index contributed by atoms with van der Waals surface area (Å²) in [5.74, 6) is 0. The SMILES string of the molecule is C=Nc1ccccc1/C(C=O)=C\CC. The Morgan fingerprint density at radius 2 is 2.21 bits per heavy atom. The lowest BCUT2D eigenvalue weighted by molar-refractivity contribution is -0.103. The third-order valence-electron chi connectivity index (χ3n) is 1.94. The van der Waals surface area contributed by atoms with Gasteiger partial charge in [0.2, 0.25) is 0 Å². The summed E-state index contributed by atoms with van der Waals surface area (Å²) in [5.41, 5.74) is 2.27. The Morgan fingerprint density at radius 3 is 2.79 bits per heavy atom. The third-order valence-corrected chi connectivity index (χ3v) is 1.94. The summed E-state index contributed by atoms with van der Waals surface area (Å²) in [6.45, 7) is 5.47. The average Bonchev–Trinajstić information content (AvgIpc) is 2.26. The van der Waals surface area contributed by atoms with Gasteiger partial charge >= 0.3 is 0 Å². The summed E-state index contributed by atoms with van der Waals surface area (Å²) < 4.78 is 0. The van der Waals surface area contributed by atoms with Crippen molar-refractivity contribution in [3.05, 3.63) is 35.9 Å². The quantitative estimate of drug-likeness (QED) is 0.404. The van der Waals surface area contributed by atoms with E-state index in [4.69, 9.17) is 0 Å². The topological polar surface area (TPSA) is 29.4 Å². The molecule has 0 bridgehead atoms. The molecule has 0 atom stereocenters. The molecule has 0 amide bonds. The number of carbonyl (C=O) groups excluding carboxylic acids is 1. The Morgan fingerprint density at radius 1 is 1.50 bits per heavy atom. The van der Waals surface area contributed by atoms with E-state index in [1.165, 1.54) is 0 Å². The van der Waals surface area contributed by atoms with E-state index in [0.717, 1.165) is 24.0 Å². The Balaban J connectivity index is 3.22. The number of carbonyl (C=O) groups is 1. The molecule has 1 rings (SSSR count). The molecule has 0 saturated heterocycles. The molecule has 2 heteroatoms. The van der Waals surface area contributed by atoms with Crippen molar-refractivity contribution in [3.63, 3.8) is 0 Å². The maximum Gasteiger partial charge on any atom is 0.150 e. The first kappa shape index (κ1) is 10.4. The molecule has 1 aromatic carbocycles. The lowest BCUT2D eigenvalue weighted by Gasteiger charge is -2.03. The second-order valence-corrected chi connectivity index (χ2v) is 2.86. The van der Waals surface area contributed by atoms with Crippen LogP contribution in [0.5, 0.6) is 0 Å². The molecule has 0 heterocycles. The van der Waals surface area contributed by atoms with Crippen molar-refractivity contribution in [1.82, 2.24) is 0 Å². The Labute approximate surface area is 84.0 Å². The highest BCUT2D eigenvalue weighted by Gasteiger charge is 2.03. The van der Waals surface area contributed by atoms with Gasteiger partial charge in [-0.2, -0.15) is 0 Å². The number of hydrogen-bond acceptors (Lipinski definition) is 2. The molecule has 0 radical (unpaired) electrons. The number of aldehydes is 1. The van der Waals surface area contributed by atoms with E-state index in [1.807, 2.05) is 37.3 Å². The second kappa shape index (κ2) is 5.12. The van der Waals surface area contributed by atoms with Gasteiger partial charge in [0.15, 0.2) is 0 Å². The second-order valence-electron chi connectivity index (χ2n) is 2.86. The zero-order chi connectivity index (χ0) is 10.4. The van der Waals surface area contributed by atoms with Gasteiger partial charge < -0.3 is 0 Å². The average molecular weight is 187 g/mol. The lowest BCUT2D eigenvalue weighted by Crippen LogP contribution is -1.86. The molecule has 0 aliphatic heterocycles. The number of para-hydroxylation sites is 1. The van der Waals surface area contributed by atoms with E-state index in [0.29, 0.717) is 5.57 Å². The molecule has 0 N–H and O–H groups in total. The molecule has 0 aromatic heterocycles. The molecular formula is C12H13NO. The van der Waals surface area contributed by atoms with Crippen molar-refractivity contribution < 1.29 is 4.79 Å². The molecule has 0 fully saturated rings. The monoisotopic (exact) mass is 187 g/mol. The van der Waals surface area contributed by atoms with Crippen LogP contribution in [0.15, 0.2) is 35.3 Å². The molecule has 0 unspecified atom stereocenters. The first-order chi connectivity index (χ1) is 6.83. The number of aliphatic imine (C=N–C) groups is 1. The lowest BCUT2D eigenvalue weighted by atomic mass is 10.0. The minimum absolute atomic E-state index is 0.676. The fourth-order valence-electron chi connectivity index (χ4n) is 1.30.